The minimum Gasteiger partial charge on any atom is -0.497 e. The first kappa shape index (κ1) is 22.5. The largest absolute Gasteiger partial charge is 0.497 e. The molecule has 5 heteroatoms. The van der Waals surface area contributed by atoms with Gasteiger partial charge in [-0.3, -0.25) is 9.59 Å². The number of hydrogen-bond acceptors (Lipinski definition) is 3. The zero-order valence-corrected chi connectivity index (χ0v) is 19.8. The number of hydrogen-bond donors (Lipinski definition) is 0. The second-order valence-electron chi connectivity index (χ2n) is 9.50. The number of rotatable bonds is 5. The molecule has 0 bridgehead atoms. The SMILES string of the molecule is COc1cccc(CC2CCCN2C(=O)C2CCCN(C(=O)c3cccc4ccccc34)C2)c1. The zero-order valence-electron chi connectivity index (χ0n) is 19.8. The minimum absolute atomic E-state index is 0.0312. The fourth-order valence-corrected chi connectivity index (χ4v) is 5.59. The minimum atomic E-state index is -0.126. The Hall–Kier alpha value is -3.34. The number of nitrogens with zero attached hydrogens (tertiary/aromatic N) is 2. The highest BCUT2D eigenvalue weighted by Crippen LogP contribution is 2.29. The third kappa shape index (κ3) is 4.52. The van der Waals surface area contributed by atoms with Gasteiger partial charge in [0.15, 0.2) is 0 Å². The van der Waals surface area contributed by atoms with E-state index in [1.807, 2.05) is 59.5 Å². The van der Waals surface area contributed by atoms with Gasteiger partial charge >= 0.3 is 0 Å². The van der Waals surface area contributed by atoms with Gasteiger partial charge in [-0.1, -0.05) is 48.5 Å². The average Bonchev–Trinajstić information content (AvgIpc) is 3.35. The highest BCUT2D eigenvalue weighted by Gasteiger charge is 2.36. The smallest absolute Gasteiger partial charge is 0.254 e. The number of carbonyl (C=O) groups excluding carboxylic acids is 2. The number of benzene rings is 3. The average molecular weight is 457 g/mol. The van der Waals surface area contributed by atoms with Gasteiger partial charge in [-0.2, -0.15) is 0 Å². The number of fused-ring (bicyclic) bond motifs is 1. The molecule has 2 fully saturated rings. The summed E-state index contributed by atoms with van der Waals surface area (Å²) in [4.78, 5) is 31.0. The van der Waals surface area contributed by atoms with Gasteiger partial charge in [0.1, 0.15) is 5.75 Å². The molecule has 2 atom stereocenters. The van der Waals surface area contributed by atoms with Crippen molar-refractivity contribution in [1.29, 1.82) is 0 Å². The number of carbonyl (C=O) groups is 2. The van der Waals surface area contributed by atoms with Crippen molar-refractivity contribution in [3.63, 3.8) is 0 Å². The predicted molar refractivity (Wildman–Crippen MR) is 134 cm³/mol. The Morgan fingerprint density at radius 1 is 0.941 bits per heavy atom. The van der Waals surface area contributed by atoms with E-state index in [4.69, 9.17) is 4.74 Å². The maximum Gasteiger partial charge on any atom is 0.254 e. The van der Waals surface area contributed by atoms with E-state index in [9.17, 15) is 9.59 Å². The van der Waals surface area contributed by atoms with Gasteiger partial charge in [0.2, 0.25) is 5.91 Å². The maximum atomic E-state index is 13.6. The second kappa shape index (κ2) is 9.88. The van der Waals surface area contributed by atoms with Crippen LogP contribution in [0.25, 0.3) is 10.8 Å². The van der Waals surface area contributed by atoms with Crippen LogP contribution in [0.15, 0.2) is 66.7 Å². The number of likely N-dealkylation sites (tertiary alicyclic amines) is 2. The molecule has 2 amide bonds. The van der Waals surface area contributed by atoms with Crippen LogP contribution in [0.4, 0.5) is 0 Å². The van der Waals surface area contributed by atoms with E-state index in [1.165, 1.54) is 5.56 Å². The van der Waals surface area contributed by atoms with Crippen LogP contribution in [0.3, 0.4) is 0 Å². The van der Waals surface area contributed by atoms with Crippen molar-refractivity contribution in [2.45, 2.75) is 38.1 Å². The molecule has 0 aromatic heterocycles. The topological polar surface area (TPSA) is 49.9 Å². The van der Waals surface area contributed by atoms with Crippen LogP contribution in [0.2, 0.25) is 0 Å². The summed E-state index contributed by atoms with van der Waals surface area (Å²) >= 11 is 0. The van der Waals surface area contributed by atoms with E-state index < -0.39 is 0 Å². The first-order valence-corrected chi connectivity index (χ1v) is 12.3. The molecule has 5 nitrogen and oxygen atoms in total. The quantitative estimate of drug-likeness (QED) is 0.547. The van der Waals surface area contributed by atoms with E-state index in [1.54, 1.807) is 7.11 Å². The Kier molecular flexibility index (Phi) is 6.52. The van der Waals surface area contributed by atoms with E-state index in [0.29, 0.717) is 13.1 Å². The van der Waals surface area contributed by atoms with Crippen LogP contribution in [0.5, 0.6) is 5.75 Å². The molecule has 34 heavy (non-hydrogen) atoms. The molecule has 0 saturated carbocycles. The van der Waals surface area contributed by atoms with Gasteiger partial charge in [0.25, 0.3) is 5.91 Å². The molecule has 2 unspecified atom stereocenters. The Labute approximate surface area is 201 Å². The van der Waals surface area contributed by atoms with Gasteiger partial charge in [-0.25, -0.2) is 0 Å². The van der Waals surface area contributed by atoms with Crippen molar-refractivity contribution in [2.24, 2.45) is 5.92 Å². The van der Waals surface area contributed by atoms with Gasteiger partial charge in [0.05, 0.1) is 13.0 Å². The van der Waals surface area contributed by atoms with Crippen LogP contribution in [-0.2, 0) is 11.2 Å². The summed E-state index contributed by atoms with van der Waals surface area (Å²) in [5.74, 6) is 0.964. The Balaban J connectivity index is 1.29. The summed E-state index contributed by atoms with van der Waals surface area (Å²) in [7, 11) is 1.68. The zero-order chi connectivity index (χ0) is 23.5. The number of piperidine rings is 1. The van der Waals surface area contributed by atoms with Crippen molar-refractivity contribution in [3.05, 3.63) is 77.9 Å². The molecule has 2 saturated heterocycles. The normalized spacial score (nSPS) is 20.5. The van der Waals surface area contributed by atoms with Crippen molar-refractivity contribution in [3.8, 4) is 5.75 Å². The summed E-state index contributed by atoms with van der Waals surface area (Å²) in [5, 5.41) is 2.04. The molecular weight excluding hydrogens is 424 g/mol. The van der Waals surface area contributed by atoms with Gasteiger partial charge in [-0.05, 0) is 66.6 Å². The molecule has 0 spiro atoms. The van der Waals surface area contributed by atoms with Crippen molar-refractivity contribution in [1.82, 2.24) is 9.80 Å². The highest BCUT2D eigenvalue weighted by molar-refractivity contribution is 6.07. The lowest BCUT2D eigenvalue weighted by Gasteiger charge is -2.36. The van der Waals surface area contributed by atoms with Gasteiger partial charge in [-0.15, -0.1) is 0 Å². The lowest BCUT2D eigenvalue weighted by Crippen LogP contribution is -2.48. The van der Waals surface area contributed by atoms with Crippen molar-refractivity contribution in [2.75, 3.05) is 26.7 Å². The van der Waals surface area contributed by atoms with E-state index in [2.05, 4.69) is 17.0 Å². The summed E-state index contributed by atoms with van der Waals surface area (Å²) in [6.07, 6.45) is 4.61. The fourth-order valence-electron chi connectivity index (χ4n) is 5.59. The summed E-state index contributed by atoms with van der Waals surface area (Å²) in [5.41, 5.74) is 1.92. The molecular formula is C29H32N2O3. The van der Waals surface area contributed by atoms with Crippen LogP contribution in [-0.4, -0.2) is 54.4 Å². The monoisotopic (exact) mass is 456 g/mol. The number of methoxy groups -OCH3 is 1. The van der Waals surface area contributed by atoms with Crippen LogP contribution >= 0.6 is 0 Å². The molecule has 3 aromatic rings. The first-order chi connectivity index (χ1) is 16.6. The molecule has 0 radical (unpaired) electrons. The molecule has 0 aliphatic carbocycles. The molecule has 5 rings (SSSR count). The van der Waals surface area contributed by atoms with E-state index in [0.717, 1.165) is 60.7 Å². The lowest BCUT2D eigenvalue weighted by molar-refractivity contribution is -0.137. The molecule has 0 N–H and O–H groups in total. The molecule has 3 aromatic carbocycles. The van der Waals surface area contributed by atoms with Crippen LogP contribution in [0.1, 0.15) is 41.6 Å². The lowest BCUT2D eigenvalue weighted by atomic mass is 9.94. The van der Waals surface area contributed by atoms with E-state index >= 15 is 0 Å². The summed E-state index contributed by atoms with van der Waals surface area (Å²) < 4.78 is 5.37. The maximum absolute atomic E-state index is 13.6. The van der Waals surface area contributed by atoms with Gasteiger partial charge < -0.3 is 14.5 Å². The molecule has 2 aliphatic rings. The van der Waals surface area contributed by atoms with Crippen LogP contribution < -0.4 is 4.74 Å². The summed E-state index contributed by atoms with van der Waals surface area (Å²) in [6.45, 7) is 2.02. The van der Waals surface area contributed by atoms with Crippen LogP contribution in [0, 0.1) is 5.92 Å². The third-order valence-electron chi connectivity index (χ3n) is 7.34. The Bertz CT molecular complexity index is 1190. The second-order valence-corrected chi connectivity index (χ2v) is 9.50. The molecule has 2 aliphatic heterocycles. The predicted octanol–water partition coefficient (Wildman–Crippen LogP) is 4.93. The molecule has 2 heterocycles. The third-order valence-corrected chi connectivity index (χ3v) is 7.34. The van der Waals surface area contributed by atoms with Crippen molar-refractivity contribution >= 4 is 22.6 Å². The first-order valence-electron chi connectivity index (χ1n) is 12.3. The van der Waals surface area contributed by atoms with Gasteiger partial charge in [0, 0.05) is 31.2 Å². The summed E-state index contributed by atoms with van der Waals surface area (Å²) in [6, 6.07) is 22.2. The van der Waals surface area contributed by atoms with Crippen molar-refractivity contribution < 1.29 is 14.3 Å². The molecule has 176 valence electrons. The standard InChI is InChI=1S/C29H32N2O3/c1-34-25-13-4-8-21(19-25)18-24-12-7-17-31(24)28(32)23-11-6-16-30(20-23)29(33)27-15-5-10-22-9-2-3-14-26(22)27/h2-5,8-10,13-15,19,23-24H,6-7,11-12,16-18,20H2,1H3. The van der Waals surface area contributed by atoms with E-state index in [-0.39, 0.29) is 23.8 Å². The Morgan fingerprint density at radius 3 is 2.62 bits per heavy atom. The fraction of sp³-hybridized carbons (Fsp3) is 0.379. The number of amides is 2. The number of ether oxygens (including phenoxy) is 1. The Morgan fingerprint density at radius 2 is 1.74 bits per heavy atom. The highest BCUT2D eigenvalue weighted by atomic mass is 16.5.